The molecule has 0 unspecified atom stereocenters. The molecule has 1 fully saturated rings. The van der Waals surface area contributed by atoms with Crippen molar-refractivity contribution in [2.24, 2.45) is 5.92 Å². The fourth-order valence-corrected chi connectivity index (χ4v) is 3.21. The normalized spacial score (nSPS) is 16.1. The summed E-state index contributed by atoms with van der Waals surface area (Å²) in [6, 6.07) is 3.84. The summed E-state index contributed by atoms with van der Waals surface area (Å²) in [6.07, 6.45) is 3.27. The lowest BCUT2D eigenvalue weighted by Gasteiger charge is -2.25. The molecule has 0 amide bonds. The topological polar surface area (TPSA) is 89.3 Å². The summed E-state index contributed by atoms with van der Waals surface area (Å²) >= 11 is 0. The Morgan fingerprint density at radius 3 is 2.58 bits per heavy atom. The first kappa shape index (κ1) is 14.0. The number of nitrogens with one attached hydrogen (secondary N) is 1. The Bertz CT molecular complexity index is 594. The van der Waals surface area contributed by atoms with Crippen LogP contribution in [0, 0.1) is 23.0 Å². The molecule has 19 heavy (non-hydrogen) atoms. The highest BCUT2D eigenvalue weighted by atomic mass is 32.2. The molecular formula is C12H16N2O4S. The molecule has 0 atom stereocenters. The number of sulfonamides is 1. The minimum atomic E-state index is -3.57. The molecule has 104 valence electrons. The first-order valence-electron chi connectivity index (χ1n) is 6.15. The van der Waals surface area contributed by atoms with Crippen LogP contribution in [0.25, 0.3) is 0 Å². The van der Waals surface area contributed by atoms with Crippen molar-refractivity contribution in [3.63, 3.8) is 0 Å². The van der Waals surface area contributed by atoms with Gasteiger partial charge in [-0.1, -0.05) is 6.42 Å². The maximum atomic E-state index is 12.0. The van der Waals surface area contributed by atoms with Crippen molar-refractivity contribution in [2.45, 2.75) is 31.1 Å². The molecule has 6 nitrogen and oxygen atoms in total. The molecule has 0 bridgehead atoms. The van der Waals surface area contributed by atoms with Crippen LogP contribution in [0.3, 0.4) is 0 Å². The van der Waals surface area contributed by atoms with Crippen LogP contribution in [-0.2, 0) is 10.0 Å². The fourth-order valence-electron chi connectivity index (χ4n) is 2.01. The molecule has 1 aliphatic rings. The predicted molar refractivity (Wildman–Crippen MR) is 70.4 cm³/mol. The molecule has 7 heteroatoms. The number of nitrogens with zero attached hydrogens (tertiary/aromatic N) is 1. The number of hydrogen-bond acceptors (Lipinski definition) is 4. The van der Waals surface area contributed by atoms with E-state index in [1.54, 1.807) is 0 Å². The van der Waals surface area contributed by atoms with E-state index in [1.807, 2.05) is 0 Å². The Kier molecular flexibility index (Phi) is 3.86. The van der Waals surface area contributed by atoms with Crippen molar-refractivity contribution in [1.29, 1.82) is 0 Å². The maximum absolute atomic E-state index is 12.0. The van der Waals surface area contributed by atoms with Crippen LogP contribution in [0.4, 0.5) is 5.69 Å². The number of aryl methyl sites for hydroxylation is 1. The maximum Gasteiger partial charge on any atom is 0.272 e. The van der Waals surface area contributed by atoms with Crippen molar-refractivity contribution in [3.8, 4) is 0 Å². The third kappa shape index (κ3) is 3.10. The van der Waals surface area contributed by atoms with E-state index in [4.69, 9.17) is 0 Å². The summed E-state index contributed by atoms with van der Waals surface area (Å²) in [5.74, 6) is 0.425. The largest absolute Gasteiger partial charge is 0.272 e. The molecule has 1 aromatic carbocycles. The first-order valence-corrected chi connectivity index (χ1v) is 7.63. The van der Waals surface area contributed by atoms with Gasteiger partial charge in [0.15, 0.2) is 0 Å². The molecule has 0 aromatic heterocycles. The molecular weight excluding hydrogens is 268 g/mol. The molecule has 0 aliphatic heterocycles. The lowest BCUT2D eigenvalue weighted by Crippen LogP contribution is -2.32. The van der Waals surface area contributed by atoms with Crippen LogP contribution in [0.5, 0.6) is 0 Å². The Balaban J connectivity index is 2.15. The van der Waals surface area contributed by atoms with Gasteiger partial charge in [-0.15, -0.1) is 0 Å². The smallest absolute Gasteiger partial charge is 0.258 e. The zero-order chi connectivity index (χ0) is 14.0. The minimum Gasteiger partial charge on any atom is -0.258 e. The average Bonchev–Trinajstić information content (AvgIpc) is 2.26. The Morgan fingerprint density at radius 1 is 1.42 bits per heavy atom. The predicted octanol–water partition coefficient (Wildman–Crippen LogP) is 1.98. The van der Waals surface area contributed by atoms with E-state index in [9.17, 15) is 18.5 Å². The molecule has 2 rings (SSSR count). The zero-order valence-electron chi connectivity index (χ0n) is 10.6. The van der Waals surface area contributed by atoms with Crippen LogP contribution in [-0.4, -0.2) is 19.9 Å². The fraction of sp³-hybridized carbons (Fsp3) is 0.500. The summed E-state index contributed by atoms with van der Waals surface area (Å²) in [6.45, 7) is 1.97. The summed E-state index contributed by atoms with van der Waals surface area (Å²) in [5.41, 5.74) is 0.273. The summed E-state index contributed by atoms with van der Waals surface area (Å²) in [7, 11) is -3.57. The Labute approximate surface area is 112 Å². The van der Waals surface area contributed by atoms with Crippen molar-refractivity contribution in [1.82, 2.24) is 4.72 Å². The standard InChI is InChI=1S/C12H16N2O4S/c1-9-7-11(5-6-12(9)14(15)16)19(17,18)13-8-10-3-2-4-10/h5-7,10,13H,2-4,8H2,1H3. The second-order valence-corrected chi connectivity index (χ2v) is 6.62. The number of benzene rings is 1. The molecule has 0 radical (unpaired) electrons. The van der Waals surface area contributed by atoms with Crippen molar-refractivity contribution >= 4 is 15.7 Å². The van der Waals surface area contributed by atoms with Crippen LogP contribution in [0.2, 0.25) is 0 Å². The quantitative estimate of drug-likeness (QED) is 0.661. The first-order chi connectivity index (χ1) is 8.90. The molecule has 1 N–H and O–H groups in total. The average molecular weight is 284 g/mol. The van der Waals surface area contributed by atoms with E-state index < -0.39 is 14.9 Å². The third-order valence-corrected chi connectivity index (χ3v) is 4.88. The van der Waals surface area contributed by atoms with Gasteiger partial charge in [0.1, 0.15) is 0 Å². The van der Waals surface area contributed by atoms with Gasteiger partial charge in [-0.3, -0.25) is 10.1 Å². The van der Waals surface area contributed by atoms with Gasteiger partial charge >= 0.3 is 0 Å². The molecule has 0 spiro atoms. The van der Waals surface area contributed by atoms with Crippen LogP contribution in [0.1, 0.15) is 24.8 Å². The van der Waals surface area contributed by atoms with E-state index in [2.05, 4.69) is 4.72 Å². The van der Waals surface area contributed by atoms with Crippen LogP contribution in [0.15, 0.2) is 23.1 Å². The summed E-state index contributed by atoms with van der Waals surface area (Å²) in [5, 5.41) is 10.7. The molecule has 1 aromatic rings. The van der Waals surface area contributed by atoms with Gasteiger partial charge in [0.25, 0.3) is 5.69 Å². The van der Waals surface area contributed by atoms with Crippen LogP contribution < -0.4 is 4.72 Å². The van der Waals surface area contributed by atoms with E-state index in [0.29, 0.717) is 18.0 Å². The van der Waals surface area contributed by atoms with Gasteiger partial charge in [0.2, 0.25) is 10.0 Å². The van der Waals surface area contributed by atoms with Crippen LogP contribution >= 0.6 is 0 Å². The van der Waals surface area contributed by atoms with Gasteiger partial charge in [-0.2, -0.15) is 0 Å². The Hall–Kier alpha value is -1.47. The van der Waals surface area contributed by atoms with Gasteiger partial charge in [-0.25, -0.2) is 13.1 Å². The zero-order valence-corrected chi connectivity index (χ0v) is 11.4. The van der Waals surface area contributed by atoms with Crippen molar-refractivity contribution in [2.75, 3.05) is 6.54 Å². The van der Waals surface area contributed by atoms with Gasteiger partial charge < -0.3 is 0 Å². The Morgan fingerprint density at radius 2 is 2.11 bits per heavy atom. The molecule has 1 aliphatic carbocycles. The minimum absolute atomic E-state index is 0.0713. The van der Waals surface area contributed by atoms with Gasteiger partial charge in [-0.05, 0) is 37.8 Å². The second kappa shape index (κ2) is 5.26. The van der Waals surface area contributed by atoms with Crippen molar-refractivity contribution in [3.05, 3.63) is 33.9 Å². The highest BCUT2D eigenvalue weighted by Crippen LogP contribution is 2.26. The second-order valence-electron chi connectivity index (χ2n) is 4.85. The SMILES string of the molecule is Cc1cc(S(=O)(=O)NCC2CCC2)ccc1[N+](=O)[O-]. The number of rotatable bonds is 5. The summed E-state index contributed by atoms with van der Waals surface area (Å²) in [4.78, 5) is 10.2. The lowest BCUT2D eigenvalue weighted by atomic mass is 9.86. The lowest BCUT2D eigenvalue weighted by molar-refractivity contribution is -0.385. The highest BCUT2D eigenvalue weighted by molar-refractivity contribution is 7.89. The third-order valence-electron chi connectivity index (χ3n) is 3.46. The van der Waals surface area contributed by atoms with Crippen molar-refractivity contribution < 1.29 is 13.3 Å². The molecule has 0 saturated heterocycles. The number of nitro groups is 1. The monoisotopic (exact) mass is 284 g/mol. The van der Waals surface area contributed by atoms with E-state index >= 15 is 0 Å². The van der Waals surface area contributed by atoms with E-state index in [0.717, 1.165) is 19.3 Å². The van der Waals surface area contributed by atoms with Gasteiger partial charge in [0.05, 0.1) is 9.82 Å². The van der Waals surface area contributed by atoms with Gasteiger partial charge in [0, 0.05) is 18.2 Å². The van der Waals surface area contributed by atoms with E-state index in [-0.39, 0.29) is 10.6 Å². The summed E-state index contributed by atoms with van der Waals surface area (Å²) < 4.78 is 26.6. The number of nitro benzene ring substituents is 1. The van der Waals surface area contributed by atoms with E-state index in [1.165, 1.54) is 25.1 Å². The molecule has 1 saturated carbocycles. The highest BCUT2D eigenvalue weighted by Gasteiger charge is 2.22. The molecule has 0 heterocycles. The number of hydrogen-bond donors (Lipinski definition) is 1.